The van der Waals surface area contributed by atoms with Gasteiger partial charge in [-0.15, -0.1) is 11.3 Å². The Labute approximate surface area is 135 Å². The van der Waals surface area contributed by atoms with Crippen molar-refractivity contribution in [1.82, 2.24) is 4.98 Å². The van der Waals surface area contributed by atoms with E-state index in [1.807, 2.05) is 6.07 Å². The molecule has 2 heterocycles. The van der Waals surface area contributed by atoms with Crippen molar-refractivity contribution in [3.63, 3.8) is 0 Å². The van der Waals surface area contributed by atoms with Crippen LogP contribution in [-0.2, 0) is 5.41 Å². The van der Waals surface area contributed by atoms with Gasteiger partial charge in [-0.05, 0) is 34.3 Å². The zero-order chi connectivity index (χ0) is 15.6. The molecule has 2 rings (SSSR count). The summed E-state index contributed by atoms with van der Waals surface area (Å²) in [4.78, 5) is 15.9. The third-order valence-corrected chi connectivity index (χ3v) is 5.53. The first-order valence-electron chi connectivity index (χ1n) is 6.40. The molecule has 0 aromatic carbocycles. The van der Waals surface area contributed by atoms with Gasteiger partial charge in [0, 0.05) is 22.4 Å². The molecule has 0 radical (unpaired) electrons. The lowest BCUT2D eigenvalue weighted by atomic mass is 9.91. The van der Waals surface area contributed by atoms with Crippen LogP contribution in [0.2, 0.25) is 0 Å². The molecule has 0 atom stereocenters. The first kappa shape index (κ1) is 15.9. The van der Waals surface area contributed by atoms with Gasteiger partial charge in [-0.1, -0.05) is 19.9 Å². The van der Waals surface area contributed by atoms with E-state index < -0.39 is 4.92 Å². The van der Waals surface area contributed by atoms with E-state index in [4.69, 9.17) is 0 Å². The average molecular weight is 370 g/mol. The molecular formula is C14H16BrN3O2S. The Kier molecular flexibility index (Phi) is 4.63. The lowest BCUT2D eigenvalue weighted by molar-refractivity contribution is -0.385. The van der Waals surface area contributed by atoms with Gasteiger partial charge >= 0.3 is 0 Å². The highest BCUT2D eigenvalue weighted by atomic mass is 79.9. The summed E-state index contributed by atoms with van der Waals surface area (Å²) in [6, 6.07) is 4.14. The van der Waals surface area contributed by atoms with Crippen LogP contribution < -0.4 is 5.32 Å². The minimum atomic E-state index is -0.424. The molecule has 0 aliphatic carbocycles. The molecule has 0 aliphatic rings. The maximum atomic E-state index is 10.9. The minimum Gasteiger partial charge on any atom is -0.368 e. The molecule has 0 amide bonds. The molecule has 2 aromatic heterocycles. The third-order valence-electron chi connectivity index (χ3n) is 3.32. The van der Waals surface area contributed by atoms with E-state index in [-0.39, 0.29) is 11.1 Å². The van der Waals surface area contributed by atoms with Gasteiger partial charge in [0.1, 0.15) is 12.0 Å². The lowest BCUT2D eigenvalue weighted by Crippen LogP contribution is -2.27. The third kappa shape index (κ3) is 3.41. The maximum Gasteiger partial charge on any atom is 0.291 e. The van der Waals surface area contributed by atoms with Gasteiger partial charge in [0.05, 0.1) is 9.40 Å². The molecule has 0 fully saturated rings. The Hall–Kier alpha value is -1.47. The number of pyridine rings is 1. The van der Waals surface area contributed by atoms with Crippen molar-refractivity contribution < 1.29 is 4.92 Å². The highest BCUT2D eigenvalue weighted by Crippen LogP contribution is 2.32. The van der Waals surface area contributed by atoms with Crippen LogP contribution in [0.3, 0.4) is 0 Å². The Bertz CT molecular complexity index is 656. The van der Waals surface area contributed by atoms with E-state index in [1.165, 1.54) is 11.1 Å². The van der Waals surface area contributed by atoms with Crippen molar-refractivity contribution in [2.24, 2.45) is 0 Å². The molecule has 2 aromatic rings. The van der Waals surface area contributed by atoms with E-state index in [2.05, 4.69) is 51.5 Å². The van der Waals surface area contributed by atoms with Gasteiger partial charge < -0.3 is 5.32 Å². The Morgan fingerprint density at radius 3 is 2.81 bits per heavy atom. The molecular weight excluding hydrogens is 354 g/mol. The SMILES string of the molecule is Cc1c([N+](=O)[O-])cnc(NCC(C)(C)c2cccs2)c1Br. The number of anilines is 1. The van der Waals surface area contributed by atoms with Crippen LogP contribution in [0.1, 0.15) is 24.3 Å². The van der Waals surface area contributed by atoms with Gasteiger partial charge in [0.2, 0.25) is 0 Å². The van der Waals surface area contributed by atoms with Crippen LogP contribution in [-0.4, -0.2) is 16.5 Å². The normalized spacial score (nSPS) is 11.4. The van der Waals surface area contributed by atoms with Crippen LogP contribution in [0.15, 0.2) is 28.2 Å². The second kappa shape index (κ2) is 6.11. The summed E-state index contributed by atoms with van der Waals surface area (Å²) in [7, 11) is 0. The topological polar surface area (TPSA) is 68.1 Å². The largest absolute Gasteiger partial charge is 0.368 e. The number of nitrogens with zero attached hydrogens (tertiary/aromatic N) is 2. The van der Waals surface area contributed by atoms with Crippen molar-refractivity contribution in [3.8, 4) is 0 Å². The summed E-state index contributed by atoms with van der Waals surface area (Å²) in [5.74, 6) is 0.628. The maximum absolute atomic E-state index is 10.9. The number of nitro groups is 1. The monoisotopic (exact) mass is 369 g/mol. The number of thiophene rings is 1. The average Bonchev–Trinajstić information content (AvgIpc) is 2.95. The van der Waals surface area contributed by atoms with Gasteiger partial charge in [-0.2, -0.15) is 0 Å². The van der Waals surface area contributed by atoms with E-state index in [9.17, 15) is 10.1 Å². The van der Waals surface area contributed by atoms with E-state index >= 15 is 0 Å². The zero-order valence-electron chi connectivity index (χ0n) is 12.0. The molecule has 0 saturated carbocycles. The lowest BCUT2D eigenvalue weighted by Gasteiger charge is -2.24. The summed E-state index contributed by atoms with van der Waals surface area (Å²) in [6.07, 6.45) is 1.29. The fraction of sp³-hybridized carbons (Fsp3) is 0.357. The summed E-state index contributed by atoms with van der Waals surface area (Å²) in [5, 5.41) is 16.2. The van der Waals surface area contributed by atoms with Crippen LogP contribution in [0, 0.1) is 17.0 Å². The first-order valence-corrected chi connectivity index (χ1v) is 8.07. The first-order chi connectivity index (χ1) is 9.83. The molecule has 5 nitrogen and oxygen atoms in total. The number of halogens is 1. The molecule has 0 bridgehead atoms. The predicted octanol–water partition coefficient (Wildman–Crippen LogP) is 4.51. The second-order valence-corrected chi connectivity index (χ2v) is 7.14. The Balaban J connectivity index is 2.18. The van der Waals surface area contributed by atoms with Gasteiger partial charge in [-0.3, -0.25) is 10.1 Å². The smallest absolute Gasteiger partial charge is 0.291 e. The molecule has 112 valence electrons. The summed E-state index contributed by atoms with van der Waals surface area (Å²) in [6.45, 7) is 6.70. The number of hydrogen-bond donors (Lipinski definition) is 1. The molecule has 7 heteroatoms. The molecule has 0 aliphatic heterocycles. The Morgan fingerprint density at radius 2 is 2.24 bits per heavy atom. The van der Waals surface area contributed by atoms with E-state index in [0.29, 0.717) is 22.4 Å². The van der Waals surface area contributed by atoms with E-state index in [0.717, 1.165) is 0 Å². The number of rotatable bonds is 5. The van der Waals surface area contributed by atoms with Crippen molar-refractivity contribution in [2.45, 2.75) is 26.2 Å². The Morgan fingerprint density at radius 1 is 1.52 bits per heavy atom. The summed E-state index contributed by atoms with van der Waals surface area (Å²) >= 11 is 5.11. The van der Waals surface area contributed by atoms with Crippen LogP contribution in [0.4, 0.5) is 11.5 Å². The summed E-state index contributed by atoms with van der Waals surface area (Å²) in [5.41, 5.74) is 0.557. The molecule has 0 saturated heterocycles. The van der Waals surface area contributed by atoms with E-state index in [1.54, 1.807) is 18.3 Å². The second-order valence-electron chi connectivity index (χ2n) is 5.40. The number of hydrogen-bond acceptors (Lipinski definition) is 5. The van der Waals surface area contributed by atoms with Gasteiger partial charge in [0.15, 0.2) is 0 Å². The standard InChI is InChI=1S/C14H16BrN3O2S/c1-9-10(18(19)20)7-16-13(12(9)15)17-8-14(2,3)11-5-4-6-21-11/h4-7H,8H2,1-3H3,(H,16,17). The fourth-order valence-corrected chi connectivity index (χ4v) is 3.23. The van der Waals surface area contributed by atoms with Crippen molar-refractivity contribution in [1.29, 1.82) is 0 Å². The van der Waals surface area contributed by atoms with Crippen molar-refractivity contribution in [3.05, 3.63) is 48.7 Å². The summed E-state index contributed by atoms with van der Waals surface area (Å²) < 4.78 is 0.638. The quantitative estimate of drug-likeness (QED) is 0.621. The molecule has 1 N–H and O–H groups in total. The molecule has 21 heavy (non-hydrogen) atoms. The van der Waals surface area contributed by atoms with Crippen LogP contribution >= 0.6 is 27.3 Å². The van der Waals surface area contributed by atoms with Crippen molar-refractivity contribution >= 4 is 38.8 Å². The minimum absolute atomic E-state index is 0.0185. The molecule has 0 unspecified atom stereocenters. The highest BCUT2D eigenvalue weighted by Gasteiger charge is 2.23. The zero-order valence-corrected chi connectivity index (χ0v) is 14.4. The van der Waals surface area contributed by atoms with Gasteiger partial charge in [-0.25, -0.2) is 4.98 Å². The highest BCUT2D eigenvalue weighted by molar-refractivity contribution is 9.10. The fourth-order valence-electron chi connectivity index (χ4n) is 1.93. The predicted molar refractivity (Wildman–Crippen MR) is 89.2 cm³/mol. The van der Waals surface area contributed by atoms with Crippen LogP contribution in [0.5, 0.6) is 0 Å². The number of aromatic nitrogens is 1. The van der Waals surface area contributed by atoms with Gasteiger partial charge in [0.25, 0.3) is 5.69 Å². The molecule has 0 spiro atoms. The number of nitrogens with one attached hydrogen (secondary N) is 1. The van der Waals surface area contributed by atoms with Crippen molar-refractivity contribution in [2.75, 3.05) is 11.9 Å². The van der Waals surface area contributed by atoms with Crippen LogP contribution in [0.25, 0.3) is 0 Å².